The van der Waals surface area contributed by atoms with Gasteiger partial charge in [0.25, 0.3) is 5.69 Å². The Labute approximate surface area is 74.0 Å². The molecule has 1 rings (SSSR count). The van der Waals surface area contributed by atoms with E-state index in [1.54, 1.807) is 6.07 Å². The summed E-state index contributed by atoms with van der Waals surface area (Å²) < 4.78 is 0. The van der Waals surface area contributed by atoms with Gasteiger partial charge >= 0.3 is 0 Å². The molecule has 4 nitrogen and oxygen atoms in total. The second-order valence-corrected chi connectivity index (χ2v) is 2.86. The minimum absolute atomic E-state index is 0.113. The Kier molecular flexibility index (Phi) is 3.07. The molecule has 0 saturated heterocycles. The monoisotopic (exact) mass is 184 g/mol. The van der Waals surface area contributed by atoms with E-state index in [0.29, 0.717) is 5.75 Å². The van der Waals surface area contributed by atoms with Crippen molar-refractivity contribution in [2.45, 2.75) is 5.75 Å². The molecule has 0 aromatic heterocycles. The van der Waals surface area contributed by atoms with Crippen molar-refractivity contribution in [3.05, 3.63) is 39.9 Å². The molecule has 12 heavy (non-hydrogen) atoms. The van der Waals surface area contributed by atoms with Crippen LogP contribution in [0.4, 0.5) is 5.69 Å². The lowest BCUT2D eigenvalue weighted by Gasteiger charge is -1.96. The quantitative estimate of drug-likeness (QED) is 0.441. The van der Waals surface area contributed by atoms with Gasteiger partial charge in [0.2, 0.25) is 0 Å². The van der Waals surface area contributed by atoms with Crippen molar-refractivity contribution in [1.82, 2.24) is 0 Å². The molecule has 5 heteroatoms. The SMILES string of the molecule is NSCc1cccc([N+](=O)[O-])c1. The summed E-state index contributed by atoms with van der Waals surface area (Å²) in [5.41, 5.74) is 0.984. The molecule has 0 radical (unpaired) electrons. The van der Waals surface area contributed by atoms with E-state index in [9.17, 15) is 10.1 Å². The Morgan fingerprint density at radius 2 is 2.33 bits per heavy atom. The summed E-state index contributed by atoms with van der Waals surface area (Å²) in [6, 6.07) is 6.46. The van der Waals surface area contributed by atoms with Gasteiger partial charge in [0.15, 0.2) is 0 Å². The highest BCUT2D eigenvalue weighted by atomic mass is 32.2. The number of nitro benzene ring substituents is 1. The van der Waals surface area contributed by atoms with Gasteiger partial charge in [0, 0.05) is 17.9 Å². The summed E-state index contributed by atoms with van der Waals surface area (Å²) in [7, 11) is 0. The fraction of sp³-hybridized carbons (Fsp3) is 0.143. The Bertz CT molecular complexity index is 290. The molecule has 0 fully saturated rings. The van der Waals surface area contributed by atoms with Gasteiger partial charge in [-0.3, -0.25) is 15.3 Å². The van der Waals surface area contributed by atoms with Crippen LogP contribution in [0, 0.1) is 10.1 Å². The van der Waals surface area contributed by atoms with Gasteiger partial charge in [-0.25, -0.2) is 0 Å². The number of nitrogens with zero attached hydrogens (tertiary/aromatic N) is 1. The van der Waals surface area contributed by atoms with E-state index in [4.69, 9.17) is 5.14 Å². The number of hydrogen-bond acceptors (Lipinski definition) is 4. The van der Waals surface area contributed by atoms with Crippen LogP contribution < -0.4 is 5.14 Å². The normalized spacial score (nSPS) is 9.75. The van der Waals surface area contributed by atoms with Crippen LogP contribution in [0.25, 0.3) is 0 Å². The van der Waals surface area contributed by atoms with Gasteiger partial charge in [-0.15, -0.1) is 0 Å². The summed E-state index contributed by atoms with van der Waals surface area (Å²) >= 11 is 1.15. The lowest BCUT2D eigenvalue weighted by atomic mass is 10.2. The largest absolute Gasteiger partial charge is 0.278 e. The summed E-state index contributed by atoms with van der Waals surface area (Å²) in [6.07, 6.45) is 0. The lowest BCUT2D eigenvalue weighted by Crippen LogP contribution is -1.90. The average molecular weight is 184 g/mol. The van der Waals surface area contributed by atoms with Gasteiger partial charge < -0.3 is 0 Å². The number of nitrogens with two attached hydrogens (primary N) is 1. The zero-order valence-corrected chi connectivity index (χ0v) is 7.08. The van der Waals surface area contributed by atoms with Crippen molar-refractivity contribution in [1.29, 1.82) is 0 Å². The van der Waals surface area contributed by atoms with E-state index in [0.717, 1.165) is 17.5 Å². The van der Waals surface area contributed by atoms with E-state index >= 15 is 0 Å². The summed E-state index contributed by atoms with van der Waals surface area (Å²) in [4.78, 5) is 9.91. The molecule has 64 valence electrons. The number of rotatable bonds is 3. The molecule has 0 heterocycles. The molecule has 0 aliphatic rings. The van der Waals surface area contributed by atoms with Crippen LogP contribution >= 0.6 is 11.9 Å². The maximum Gasteiger partial charge on any atom is 0.269 e. The van der Waals surface area contributed by atoms with E-state index in [1.807, 2.05) is 6.07 Å². The molecule has 1 aromatic rings. The highest BCUT2D eigenvalue weighted by molar-refractivity contribution is 7.96. The van der Waals surface area contributed by atoms with Crippen molar-refractivity contribution < 1.29 is 4.92 Å². The van der Waals surface area contributed by atoms with E-state index in [2.05, 4.69) is 0 Å². The molecule has 0 spiro atoms. The molecule has 0 aliphatic heterocycles. The molecule has 0 unspecified atom stereocenters. The highest BCUT2D eigenvalue weighted by Crippen LogP contribution is 2.15. The van der Waals surface area contributed by atoms with Crippen LogP contribution in [0.1, 0.15) is 5.56 Å². The minimum atomic E-state index is -0.412. The Hall–Kier alpha value is -1.07. The van der Waals surface area contributed by atoms with Gasteiger partial charge in [0.05, 0.1) is 4.92 Å². The van der Waals surface area contributed by atoms with Crippen molar-refractivity contribution in [3.63, 3.8) is 0 Å². The molecule has 0 aliphatic carbocycles. The minimum Gasteiger partial charge on any atom is -0.278 e. The van der Waals surface area contributed by atoms with Crippen LogP contribution in [-0.4, -0.2) is 4.92 Å². The van der Waals surface area contributed by atoms with E-state index < -0.39 is 4.92 Å². The zero-order valence-electron chi connectivity index (χ0n) is 6.27. The maximum atomic E-state index is 10.3. The molecule has 2 N–H and O–H groups in total. The van der Waals surface area contributed by atoms with Gasteiger partial charge in [-0.2, -0.15) is 0 Å². The predicted molar refractivity (Wildman–Crippen MR) is 48.6 cm³/mol. The maximum absolute atomic E-state index is 10.3. The Morgan fingerprint density at radius 3 is 2.92 bits per heavy atom. The summed E-state index contributed by atoms with van der Waals surface area (Å²) in [5.74, 6) is 0.599. The van der Waals surface area contributed by atoms with Gasteiger partial charge in [0.1, 0.15) is 0 Å². The van der Waals surface area contributed by atoms with Crippen molar-refractivity contribution >= 4 is 17.6 Å². The molecule has 0 atom stereocenters. The third kappa shape index (κ3) is 2.21. The third-order valence-corrected chi connectivity index (χ3v) is 1.87. The first kappa shape index (κ1) is 9.02. The number of nitro groups is 1. The standard InChI is InChI=1S/C7H8N2O2S/c8-12-5-6-2-1-3-7(4-6)9(10)11/h1-4H,5,8H2. The number of benzene rings is 1. The van der Waals surface area contributed by atoms with Crippen molar-refractivity contribution in [2.24, 2.45) is 5.14 Å². The predicted octanol–water partition coefficient (Wildman–Crippen LogP) is 1.70. The fourth-order valence-electron chi connectivity index (χ4n) is 0.856. The Morgan fingerprint density at radius 1 is 1.58 bits per heavy atom. The van der Waals surface area contributed by atoms with Crippen LogP contribution in [0.5, 0.6) is 0 Å². The topological polar surface area (TPSA) is 69.2 Å². The van der Waals surface area contributed by atoms with Crippen LogP contribution in [0.15, 0.2) is 24.3 Å². The van der Waals surface area contributed by atoms with E-state index in [1.165, 1.54) is 12.1 Å². The van der Waals surface area contributed by atoms with Gasteiger partial charge in [-0.1, -0.05) is 24.1 Å². The average Bonchev–Trinajstić information content (AvgIpc) is 2.05. The highest BCUT2D eigenvalue weighted by Gasteiger charge is 2.04. The van der Waals surface area contributed by atoms with Crippen molar-refractivity contribution in [3.8, 4) is 0 Å². The first-order valence-electron chi connectivity index (χ1n) is 3.29. The van der Waals surface area contributed by atoms with Gasteiger partial charge in [-0.05, 0) is 5.56 Å². The molecule has 0 amide bonds. The molecular formula is C7H8N2O2S. The lowest BCUT2D eigenvalue weighted by molar-refractivity contribution is -0.384. The Balaban J connectivity index is 2.88. The smallest absolute Gasteiger partial charge is 0.269 e. The second-order valence-electron chi connectivity index (χ2n) is 2.24. The molecular weight excluding hydrogens is 176 g/mol. The van der Waals surface area contributed by atoms with E-state index in [-0.39, 0.29) is 5.69 Å². The molecule has 0 bridgehead atoms. The molecule has 1 aromatic carbocycles. The molecule has 0 saturated carbocycles. The second kappa shape index (κ2) is 4.08. The zero-order chi connectivity index (χ0) is 8.97. The van der Waals surface area contributed by atoms with Crippen LogP contribution in [0.3, 0.4) is 0 Å². The fourth-order valence-corrected chi connectivity index (χ4v) is 1.23. The van der Waals surface area contributed by atoms with Crippen LogP contribution in [-0.2, 0) is 5.75 Å². The first-order chi connectivity index (χ1) is 5.74. The van der Waals surface area contributed by atoms with Crippen molar-refractivity contribution in [2.75, 3.05) is 0 Å². The first-order valence-corrected chi connectivity index (χ1v) is 4.34. The van der Waals surface area contributed by atoms with Crippen LogP contribution in [0.2, 0.25) is 0 Å². The summed E-state index contributed by atoms with van der Waals surface area (Å²) in [5, 5.41) is 15.6. The third-order valence-electron chi connectivity index (χ3n) is 1.37. The number of hydrogen-bond donors (Lipinski definition) is 1. The number of non-ortho nitro benzene ring substituents is 1. The summed E-state index contributed by atoms with van der Waals surface area (Å²) in [6.45, 7) is 0.